The van der Waals surface area contributed by atoms with E-state index < -0.39 is 23.7 Å². The highest BCUT2D eigenvalue weighted by molar-refractivity contribution is 7.80. The van der Waals surface area contributed by atoms with Gasteiger partial charge in [0.15, 0.2) is 16.7 Å². The third-order valence-electron chi connectivity index (χ3n) is 2.97. The first kappa shape index (κ1) is 14.1. The van der Waals surface area contributed by atoms with Crippen LogP contribution in [0.1, 0.15) is 19.3 Å². The number of halogens is 3. The Bertz CT molecular complexity index is 498. The minimum Gasteiger partial charge on any atom is -0.374 e. The highest BCUT2D eigenvalue weighted by atomic mass is 32.1. The normalized spacial score (nSPS) is 19.4. The number of thiocarbonyl (C=S) groups is 1. The average Bonchev–Trinajstić information content (AvgIpc) is 2.35. The number of rotatable bonds is 1. The second-order valence-electron chi connectivity index (χ2n) is 4.35. The number of aliphatic hydroxyl groups excluding tert-OH is 1. The molecule has 0 aliphatic carbocycles. The summed E-state index contributed by atoms with van der Waals surface area (Å²) in [5.41, 5.74) is -0.375. The second kappa shape index (κ2) is 5.75. The van der Waals surface area contributed by atoms with Crippen molar-refractivity contribution in [3.05, 3.63) is 29.6 Å². The number of nitrogens with zero attached hydrogens (tertiary/aromatic N) is 1. The van der Waals surface area contributed by atoms with Gasteiger partial charge in [-0.05, 0) is 31.5 Å². The van der Waals surface area contributed by atoms with Crippen molar-refractivity contribution in [3.63, 3.8) is 0 Å². The summed E-state index contributed by atoms with van der Waals surface area (Å²) in [5.74, 6) is -3.39. The molecule has 0 spiro atoms. The van der Waals surface area contributed by atoms with Crippen molar-refractivity contribution in [1.29, 1.82) is 0 Å². The molecule has 1 aliphatic rings. The van der Waals surface area contributed by atoms with Crippen molar-refractivity contribution in [1.82, 2.24) is 4.90 Å². The number of benzene rings is 1. The summed E-state index contributed by atoms with van der Waals surface area (Å²) in [5, 5.41) is 12.2. The first-order valence-electron chi connectivity index (χ1n) is 5.89. The minimum absolute atomic E-state index is 0.0519. The molecule has 2 rings (SSSR count). The molecule has 104 valence electrons. The van der Waals surface area contributed by atoms with Crippen LogP contribution in [0, 0.1) is 17.5 Å². The third-order valence-corrected chi connectivity index (χ3v) is 3.30. The van der Waals surface area contributed by atoms with Crippen LogP contribution in [0.3, 0.4) is 0 Å². The van der Waals surface area contributed by atoms with Crippen LogP contribution < -0.4 is 5.32 Å². The van der Waals surface area contributed by atoms with Gasteiger partial charge in [0.25, 0.3) is 0 Å². The fourth-order valence-electron chi connectivity index (χ4n) is 1.98. The Balaban J connectivity index is 2.14. The van der Waals surface area contributed by atoms with Gasteiger partial charge in [-0.2, -0.15) is 0 Å². The predicted octanol–water partition coefficient (Wildman–Crippen LogP) is 2.61. The summed E-state index contributed by atoms with van der Waals surface area (Å²) in [7, 11) is 0. The van der Waals surface area contributed by atoms with Gasteiger partial charge in [0.1, 0.15) is 12.0 Å². The Morgan fingerprint density at radius 3 is 2.74 bits per heavy atom. The number of hydrogen-bond acceptors (Lipinski definition) is 2. The van der Waals surface area contributed by atoms with E-state index in [0.717, 1.165) is 18.9 Å². The fraction of sp³-hybridized carbons (Fsp3) is 0.417. The van der Waals surface area contributed by atoms with Crippen LogP contribution in [-0.2, 0) is 0 Å². The standard InChI is InChI=1S/C12H13F3N2OS/c13-7-5-8(14)11(15)9(6-7)16-12(19)17-4-2-1-3-10(17)18/h5-6,10,18H,1-4H2,(H,16,19). The minimum atomic E-state index is -1.29. The van der Waals surface area contributed by atoms with Crippen molar-refractivity contribution < 1.29 is 18.3 Å². The second-order valence-corrected chi connectivity index (χ2v) is 4.74. The lowest BCUT2D eigenvalue weighted by Gasteiger charge is -2.34. The molecule has 19 heavy (non-hydrogen) atoms. The van der Waals surface area contributed by atoms with Crippen LogP contribution in [0.4, 0.5) is 18.9 Å². The first-order valence-corrected chi connectivity index (χ1v) is 6.30. The quantitative estimate of drug-likeness (QED) is 0.615. The zero-order valence-electron chi connectivity index (χ0n) is 10.00. The maximum atomic E-state index is 13.5. The zero-order valence-corrected chi connectivity index (χ0v) is 10.8. The smallest absolute Gasteiger partial charge is 0.182 e. The van der Waals surface area contributed by atoms with E-state index in [4.69, 9.17) is 12.2 Å². The van der Waals surface area contributed by atoms with Gasteiger partial charge in [0, 0.05) is 18.7 Å². The van der Waals surface area contributed by atoms with Crippen LogP contribution in [0.25, 0.3) is 0 Å². The molecule has 0 bridgehead atoms. The van der Waals surface area contributed by atoms with Crippen LogP contribution in [0.5, 0.6) is 0 Å². The van der Waals surface area contributed by atoms with Gasteiger partial charge >= 0.3 is 0 Å². The van der Waals surface area contributed by atoms with Crippen molar-refractivity contribution in [3.8, 4) is 0 Å². The van der Waals surface area contributed by atoms with Gasteiger partial charge in [-0.1, -0.05) is 0 Å². The largest absolute Gasteiger partial charge is 0.374 e. The average molecular weight is 290 g/mol. The summed E-state index contributed by atoms with van der Waals surface area (Å²) in [6.45, 7) is 0.520. The molecule has 1 fully saturated rings. The van der Waals surface area contributed by atoms with Crippen molar-refractivity contribution >= 4 is 23.0 Å². The van der Waals surface area contributed by atoms with Gasteiger partial charge in [0.05, 0.1) is 5.69 Å². The van der Waals surface area contributed by atoms with E-state index in [0.29, 0.717) is 19.0 Å². The fourth-order valence-corrected chi connectivity index (χ4v) is 2.31. The van der Waals surface area contributed by atoms with Crippen LogP contribution in [0.15, 0.2) is 12.1 Å². The monoisotopic (exact) mass is 290 g/mol. The molecule has 1 unspecified atom stereocenters. The van der Waals surface area contributed by atoms with Crippen molar-refractivity contribution in [2.24, 2.45) is 0 Å². The number of likely N-dealkylation sites (tertiary alicyclic amines) is 1. The van der Waals surface area contributed by atoms with E-state index in [9.17, 15) is 18.3 Å². The van der Waals surface area contributed by atoms with Crippen LogP contribution >= 0.6 is 12.2 Å². The van der Waals surface area contributed by atoms with Gasteiger partial charge in [0.2, 0.25) is 0 Å². The highest BCUT2D eigenvalue weighted by Gasteiger charge is 2.23. The summed E-state index contributed by atoms with van der Waals surface area (Å²) in [6.07, 6.45) is 1.53. The molecule has 2 N–H and O–H groups in total. The topological polar surface area (TPSA) is 35.5 Å². The van der Waals surface area contributed by atoms with E-state index in [1.165, 1.54) is 4.90 Å². The third kappa shape index (κ3) is 3.16. The Kier molecular flexibility index (Phi) is 4.26. The van der Waals surface area contributed by atoms with E-state index in [1.807, 2.05) is 0 Å². The van der Waals surface area contributed by atoms with Gasteiger partial charge in [-0.25, -0.2) is 13.2 Å². The lowest BCUT2D eigenvalue weighted by molar-refractivity contribution is 0.0254. The lowest BCUT2D eigenvalue weighted by atomic mass is 10.1. The summed E-state index contributed by atoms with van der Waals surface area (Å²) >= 11 is 5.02. The SMILES string of the molecule is OC1CCCCN1C(=S)Nc1cc(F)cc(F)c1F. The maximum Gasteiger partial charge on any atom is 0.182 e. The predicted molar refractivity (Wildman–Crippen MR) is 69.1 cm³/mol. The molecule has 0 aromatic heterocycles. The molecular weight excluding hydrogens is 277 g/mol. The Morgan fingerprint density at radius 2 is 2.05 bits per heavy atom. The Morgan fingerprint density at radius 1 is 1.32 bits per heavy atom. The molecule has 0 saturated carbocycles. The summed E-state index contributed by atoms with van der Waals surface area (Å²) in [4.78, 5) is 1.47. The van der Waals surface area contributed by atoms with Crippen molar-refractivity contribution in [2.75, 3.05) is 11.9 Å². The molecule has 7 heteroatoms. The molecule has 1 aliphatic heterocycles. The number of aliphatic hydroxyl groups is 1. The molecule has 0 radical (unpaired) electrons. The number of nitrogens with one attached hydrogen (secondary N) is 1. The lowest BCUT2D eigenvalue weighted by Crippen LogP contribution is -2.45. The summed E-state index contributed by atoms with van der Waals surface area (Å²) < 4.78 is 39.5. The zero-order chi connectivity index (χ0) is 14.0. The van der Waals surface area contributed by atoms with E-state index in [1.54, 1.807) is 0 Å². The Hall–Kier alpha value is -1.34. The van der Waals surface area contributed by atoms with Gasteiger partial charge in [-0.3, -0.25) is 0 Å². The molecule has 3 nitrogen and oxygen atoms in total. The van der Waals surface area contributed by atoms with Gasteiger partial charge < -0.3 is 15.3 Å². The molecule has 1 atom stereocenters. The van der Waals surface area contributed by atoms with E-state index >= 15 is 0 Å². The molecule has 1 saturated heterocycles. The molecule has 1 heterocycles. The highest BCUT2D eigenvalue weighted by Crippen LogP contribution is 2.21. The number of anilines is 1. The number of piperidine rings is 1. The van der Waals surface area contributed by atoms with Crippen LogP contribution in [-0.4, -0.2) is 27.9 Å². The molecule has 0 amide bonds. The van der Waals surface area contributed by atoms with E-state index in [2.05, 4.69) is 5.32 Å². The molecular formula is C12H13F3N2OS. The maximum absolute atomic E-state index is 13.5. The van der Waals surface area contributed by atoms with Crippen LogP contribution in [0.2, 0.25) is 0 Å². The molecule has 1 aromatic carbocycles. The Labute approximate surface area is 114 Å². The van der Waals surface area contributed by atoms with Gasteiger partial charge in [-0.15, -0.1) is 0 Å². The number of hydrogen-bond donors (Lipinski definition) is 2. The molecule has 1 aromatic rings. The first-order chi connectivity index (χ1) is 8.99. The van der Waals surface area contributed by atoms with Crippen molar-refractivity contribution in [2.45, 2.75) is 25.5 Å². The summed E-state index contributed by atoms with van der Waals surface area (Å²) in [6, 6.07) is 1.28. The van der Waals surface area contributed by atoms with E-state index in [-0.39, 0.29) is 10.8 Å².